The van der Waals surface area contributed by atoms with Gasteiger partial charge < -0.3 is 20.3 Å². The minimum absolute atomic E-state index is 0.0275. The number of nitrogens with one attached hydrogen (secondary N) is 1. The lowest BCUT2D eigenvalue weighted by atomic mass is 10.2. The van der Waals surface area contributed by atoms with Gasteiger partial charge in [-0.25, -0.2) is 0 Å². The molecule has 3 N–H and O–H groups in total. The van der Waals surface area contributed by atoms with Crippen LogP contribution in [-0.2, 0) is 6.61 Å². The standard InChI is InChI=1S/C14H21NO3/c16-9-11-2-1-3-14(8-11)18-7-6-13(10-17)15-12-4-5-12/h1-3,8,12-13,15-17H,4-7,9-10H2. The van der Waals surface area contributed by atoms with Gasteiger partial charge in [0.05, 0.1) is 19.8 Å². The van der Waals surface area contributed by atoms with Crippen LogP contribution in [0.25, 0.3) is 0 Å². The van der Waals surface area contributed by atoms with Gasteiger partial charge in [-0.15, -0.1) is 0 Å². The highest BCUT2D eigenvalue weighted by molar-refractivity contribution is 5.27. The number of aliphatic hydroxyl groups is 2. The predicted molar refractivity (Wildman–Crippen MR) is 69.5 cm³/mol. The lowest BCUT2D eigenvalue weighted by Crippen LogP contribution is -2.35. The Kier molecular flexibility index (Phi) is 4.99. The van der Waals surface area contributed by atoms with Gasteiger partial charge >= 0.3 is 0 Å². The van der Waals surface area contributed by atoms with E-state index in [0.717, 1.165) is 17.7 Å². The molecule has 0 aliphatic heterocycles. The zero-order chi connectivity index (χ0) is 12.8. The molecule has 0 heterocycles. The second-order valence-electron chi connectivity index (χ2n) is 4.76. The molecule has 1 aliphatic rings. The Morgan fingerprint density at radius 1 is 1.33 bits per heavy atom. The molecule has 1 aromatic carbocycles. The van der Waals surface area contributed by atoms with Gasteiger partial charge in [-0.1, -0.05) is 12.1 Å². The topological polar surface area (TPSA) is 61.7 Å². The van der Waals surface area contributed by atoms with Crippen LogP contribution in [0.5, 0.6) is 5.75 Å². The van der Waals surface area contributed by atoms with Crippen LogP contribution < -0.4 is 10.1 Å². The molecule has 1 fully saturated rings. The van der Waals surface area contributed by atoms with E-state index in [9.17, 15) is 5.11 Å². The first-order valence-corrected chi connectivity index (χ1v) is 6.51. The highest BCUT2D eigenvalue weighted by Gasteiger charge is 2.23. The summed E-state index contributed by atoms with van der Waals surface area (Å²) in [5.41, 5.74) is 0.849. The number of hydrogen-bond acceptors (Lipinski definition) is 4. The van der Waals surface area contributed by atoms with Crippen molar-refractivity contribution in [2.24, 2.45) is 0 Å². The maximum atomic E-state index is 9.23. The van der Waals surface area contributed by atoms with Gasteiger partial charge in [-0.05, 0) is 37.0 Å². The van der Waals surface area contributed by atoms with E-state index in [4.69, 9.17) is 9.84 Å². The largest absolute Gasteiger partial charge is 0.494 e. The fourth-order valence-corrected chi connectivity index (χ4v) is 1.86. The van der Waals surface area contributed by atoms with E-state index in [1.54, 1.807) is 0 Å². The molecule has 1 saturated carbocycles. The van der Waals surface area contributed by atoms with Gasteiger partial charge in [0.2, 0.25) is 0 Å². The molecule has 0 bridgehead atoms. The summed E-state index contributed by atoms with van der Waals surface area (Å²) in [7, 11) is 0. The summed E-state index contributed by atoms with van der Waals surface area (Å²) >= 11 is 0. The fourth-order valence-electron chi connectivity index (χ4n) is 1.86. The van der Waals surface area contributed by atoms with Gasteiger partial charge in [0, 0.05) is 12.1 Å². The average Bonchev–Trinajstić information content (AvgIpc) is 3.22. The molecule has 0 spiro atoms. The first kappa shape index (κ1) is 13.3. The normalized spacial score (nSPS) is 16.6. The van der Waals surface area contributed by atoms with E-state index in [2.05, 4.69) is 5.32 Å². The Bertz CT molecular complexity index is 366. The summed E-state index contributed by atoms with van der Waals surface area (Å²) in [6.07, 6.45) is 3.22. The molecular weight excluding hydrogens is 230 g/mol. The van der Waals surface area contributed by atoms with Crippen molar-refractivity contribution in [3.63, 3.8) is 0 Å². The smallest absolute Gasteiger partial charge is 0.119 e. The molecule has 2 rings (SSSR count). The minimum Gasteiger partial charge on any atom is -0.494 e. The Morgan fingerprint density at radius 2 is 2.17 bits per heavy atom. The summed E-state index contributed by atoms with van der Waals surface area (Å²) in [5.74, 6) is 0.768. The number of ether oxygens (including phenoxy) is 1. The van der Waals surface area contributed by atoms with Crippen molar-refractivity contribution in [1.82, 2.24) is 5.32 Å². The van der Waals surface area contributed by atoms with Crippen molar-refractivity contribution in [1.29, 1.82) is 0 Å². The van der Waals surface area contributed by atoms with Crippen molar-refractivity contribution < 1.29 is 14.9 Å². The number of benzene rings is 1. The van der Waals surface area contributed by atoms with E-state index in [-0.39, 0.29) is 19.3 Å². The predicted octanol–water partition coefficient (Wildman–Crippen LogP) is 1.06. The molecule has 0 saturated heterocycles. The lowest BCUT2D eigenvalue weighted by Gasteiger charge is -2.16. The average molecular weight is 251 g/mol. The first-order chi connectivity index (χ1) is 8.81. The van der Waals surface area contributed by atoms with Gasteiger partial charge in [0.1, 0.15) is 5.75 Å². The van der Waals surface area contributed by atoms with Crippen LogP contribution in [0.15, 0.2) is 24.3 Å². The van der Waals surface area contributed by atoms with Crippen LogP contribution in [0.3, 0.4) is 0 Å². The van der Waals surface area contributed by atoms with Crippen molar-refractivity contribution >= 4 is 0 Å². The van der Waals surface area contributed by atoms with E-state index in [1.807, 2.05) is 24.3 Å². The van der Waals surface area contributed by atoms with E-state index in [0.29, 0.717) is 12.6 Å². The highest BCUT2D eigenvalue weighted by Crippen LogP contribution is 2.20. The Morgan fingerprint density at radius 3 is 2.83 bits per heavy atom. The zero-order valence-corrected chi connectivity index (χ0v) is 10.5. The summed E-state index contributed by atoms with van der Waals surface area (Å²) in [4.78, 5) is 0. The quantitative estimate of drug-likeness (QED) is 0.646. The van der Waals surface area contributed by atoms with Crippen molar-refractivity contribution in [3.8, 4) is 5.75 Å². The number of aliphatic hydroxyl groups excluding tert-OH is 2. The molecule has 0 aromatic heterocycles. The van der Waals surface area contributed by atoms with Crippen LogP contribution in [0.1, 0.15) is 24.8 Å². The van der Waals surface area contributed by atoms with Gasteiger partial charge in [-0.2, -0.15) is 0 Å². The molecular formula is C14H21NO3. The molecule has 1 aliphatic carbocycles. The summed E-state index contributed by atoms with van der Waals surface area (Å²) in [6, 6.07) is 8.16. The van der Waals surface area contributed by atoms with Crippen molar-refractivity contribution in [2.75, 3.05) is 13.2 Å². The minimum atomic E-state index is 0.0275. The lowest BCUT2D eigenvalue weighted by molar-refractivity contribution is 0.207. The Balaban J connectivity index is 1.72. The van der Waals surface area contributed by atoms with E-state index in [1.165, 1.54) is 12.8 Å². The van der Waals surface area contributed by atoms with Crippen LogP contribution in [-0.4, -0.2) is 35.5 Å². The third-order valence-corrected chi connectivity index (χ3v) is 3.09. The zero-order valence-electron chi connectivity index (χ0n) is 10.5. The third kappa shape index (κ3) is 4.29. The molecule has 100 valence electrons. The molecule has 1 atom stereocenters. The molecule has 4 heteroatoms. The SMILES string of the molecule is OCc1cccc(OCCC(CO)NC2CC2)c1. The Hall–Kier alpha value is -1.10. The second kappa shape index (κ2) is 6.73. The maximum absolute atomic E-state index is 9.23. The number of rotatable bonds is 8. The van der Waals surface area contributed by atoms with Crippen LogP contribution in [0.4, 0.5) is 0 Å². The first-order valence-electron chi connectivity index (χ1n) is 6.51. The monoisotopic (exact) mass is 251 g/mol. The molecule has 1 aromatic rings. The van der Waals surface area contributed by atoms with Crippen LogP contribution >= 0.6 is 0 Å². The third-order valence-electron chi connectivity index (χ3n) is 3.09. The Labute approximate surface area is 108 Å². The molecule has 0 radical (unpaired) electrons. The highest BCUT2D eigenvalue weighted by atomic mass is 16.5. The summed E-state index contributed by atoms with van der Waals surface area (Å²) in [6.45, 7) is 0.746. The molecule has 1 unspecified atom stereocenters. The van der Waals surface area contributed by atoms with Crippen molar-refractivity contribution in [3.05, 3.63) is 29.8 Å². The summed E-state index contributed by atoms with van der Waals surface area (Å²) < 4.78 is 5.62. The maximum Gasteiger partial charge on any atom is 0.119 e. The van der Waals surface area contributed by atoms with Crippen LogP contribution in [0.2, 0.25) is 0 Å². The molecule has 4 nitrogen and oxygen atoms in total. The number of hydrogen-bond donors (Lipinski definition) is 3. The molecule has 0 amide bonds. The van der Waals surface area contributed by atoms with Gasteiger partial charge in [0.25, 0.3) is 0 Å². The molecule has 18 heavy (non-hydrogen) atoms. The van der Waals surface area contributed by atoms with Gasteiger partial charge in [0.15, 0.2) is 0 Å². The van der Waals surface area contributed by atoms with Crippen molar-refractivity contribution in [2.45, 2.75) is 38.0 Å². The second-order valence-corrected chi connectivity index (χ2v) is 4.76. The van der Waals surface area contributed by atoms with E-state index < -0.39 is 0 Å². The van der Waals surface area contributed by atoms with Gasteiger partial charge in [-0.3, -0.25) is 0 Å². The summed E-state index contributed by atoms with van der Waals surface area (Å²) in [5, 5.41) is 21.6. The van der Waals surface area contributed by atoms with Crippen LogP contribution in [0, 0.1) is 0 Å². The van der Waals surface area contributed by atoms with E-state index >= 15 is 0 Å². The fraction of sp³-hybridized carbons (Fsp3) is 0.571.